The first kappa shape index (κ1) is 6.66. The van der Waals surface area contributed by atoms with Gasteiger partial charge in [-0.1, -0.05) is 12.8 Å². The summed E-state index contributed by atoms with van der Waals surface area (Å²) >= 11 is 0. The summed E-state index contributed by atoms with van der Waals surface area (Å²) in [5.74, 6) is 0.946. The number of fused-ring (bicyclic) bond motifs is 1. The van der Waals surface area contributed by atoms with Crippen LogP contribution in [-0.2, 0) is 4.74 Å². The molecular weight excluding hydrogens is 124 g/mol. The molecule has 0 aromatic rings. The molecule has 0 amide bonds. The smallest absolute Gasteiger partial charge is 0.0715 e. The van der Waals surface area contributed by atoms with Crippen LogP contribution >= 0.6 is 0 Å². The van der Waals surface area contributed by atoms with Gasteiger partial charge in [0, 0.05) is 6.61 Å². The summed E-state index contributed by atoms with van der Waals surface area (Å²) in [6.07, 6.45) is 6.97. The average Bonchev–Trinajstić information content (AvgIpc) is 2.62. The molecule has 0 aliphatic heterocycles. The first-order chi connectivity index (χ1) is 4.87. The normalized spacial score (nSPS) is 44.7. The van der Waals surface area contributed by atoms with Gasteiger partial charge in [-0.15, -0.1) is 0 Å². The van der Waals surface area contributed by atoms with E-state index in [0.29, 0.717) is 5.60 Å². The Morgan fingerprint density at radius 3 is 3.10 bits per heavy atom. The van der Waals surface area contributed by atoms with Crippen molar-refractivity contribution in [3.05, 3.63) is 0 Å². The fraction of sp³-hybridized carbons (Fsp3) is 1.00. The van der Waals surface area contributed by atoms with Crippen LogP contribution in [0.2, 0.25) is 0 Å². The Kier molecular flexibility index (Phi) is 1.48. The molecule has 2 saturated carbocycles. The molecule has 0 radical (unpaired) electrons. The van der Waals surface area contributed by atoms with Crippen LogP contribution in [0.1, 0.15) is 39.0 Å². The second-order valence-corrected chi connectivity index (χ2v) is 3.64. The molecule has 2 aliphatic rings. The molecule has 1 heteroatoms. The predicted octanol–water partition coefficient (Wildman–Crippen LogP) is 2.36. The van der Waals surface area contributed by atoms with Gasteiger partial charge in [0.1, 0.15) is 0 Å². The van der Waals surface area contributed by atoms with Crippen LogP contribution in [0.4, 0.5) is 0 Å². The lowest BCUT2D eigenvalue weighted by Gasteiger charge is -2.21. The van der Waals surface area contributed by atoms with E-state index in [4.69, 9.17) is 4.74 Å². The van der Waals surface area contributed by atoms with Crippen molar-refractivity contribution in [3.8, 4) is 0 Å². The van der Waals surface area contributed by atoms with Crippen molar-refractivity contribution < 1.29 is 4.74 Å². The van der Waals surface area contributed by atoms with Crippen LogP contribution in [0.5, 0.6) is 0 Å². The number of ether oxygens (including phenoxy) is 1. The zero-order chi connectivity index (χ0) is 7.03. The molecule has 10 heavy (non-hydrogen) atoms. The molecule has 2 fully saturated rings. The highest BCUT2D eigenvalue weighted by atomic mass is 16.5. The Balaban J connectivity index is 1.92. The Morgan fingerprint density at radius 2 is 2.40 bits per heavy atom. The van der Waals surface area contributed by atoms with Gasteiger partial charge in [0.2, 0.25) is 0 Å². The minimum atomic E-state index is 0.396. The molecule has 0 unspecified atom stereocenters. The van der Waals surface area contributed by atoms with E-state index in [1.165, 1.54) is 32.1 Å². The Labute approximate surface area is 62.8 Å². The topological polar surface area (TPSA) is 9.23 Å². The Morgan fingerprint density at radius 1 is 1.50 bits per heavy atom. The lowest BCUT2D eigenvalue weighted by molar-refractivity contribution is 0.0113. The lowest BCUT2D eigenvalue weighted by atomic mass is 9.98. The van der Waals surface area contributed by atoms with Gasteiger partial charge in [-0.05, 0) is 32.1 Å². The van der Waals surface area contributed by atoms with Gasteiger partial charge >= 0.3 is 0 Å². The molecule has 0 aromatic heterocycles. The van der Waals surface area contributed by atoms with Crippen LogP contribution < -0.4 is 0 Å². The van der Waals surface area contributed by atoms with Crippen LogP contribution in [0, 0.1) is 5.92 Å². The zero-order valence-corrected chi connectivity index (χ0v) is 6.73. The number of hydrogen-bond acceptors (Lipinski definition) is 1. The minimum absolute atomic E-state index is 0.396. The second-order valence-electron chi connectivity index (χ2n) is 3.64. The van der Waals surface area contributed by atoms with E-state index in [1.54, 1.807) is 0 Å². The Hall–Kier alpha value is -0.0400. The highest BCUT2D eigenvalue weighted by Crippen LogP contribution is 2.56. The van der Waals surface area contributed by atoms with Crippen molar-refractivity contribution in [2.75, 3.05) is 6.61 Å². The molecule has 2 atom stereocenters. The summed E-state index contributed by atoms with van der Waals surface area (Å²) in [5, 5.41) is 0. The largest absolute Gasteiger partial charge is 0.375 e. The fourth-order valence-corrected chi connectivity index (χ4v) is 2.38. The molecular formula is C9H16O. The summed E-state index contributed by atoms with van der Waals surface area (Å²) in [6, 6.07) is 0. The molecule has 58 valence electrons. The van der Waals surface area contributed by atoms with Crippen molar-refractivity contribution in [2.45, 2.75) is 44.6 Å². The third-order valence-corrected chi connectivity index (χ3v) is 3.01. The van der Waals surface area contributed by atoms with Gasteiger partial charge in [-0.2, -0.15) is 0 Å². The van der Waals surface area contributed by atoms with Gasteiger partial charge < -0.3 is 4.74 Å². The number of rotatable bonds is 2. The van der Waals surface area contributed by atoms with E-state index in [1.807, 2.05) is 0 Å². The van der Waals surface area contributed by atoms with Crippen LogP contribution in [0.3, 0.4) is 0 Å². The maximum Gasteiger partial charge on any atom is 0.0715 e. The molecule has 0 saturated heterocycles. The quantitative estimate of drug-likeness (QED) is 0.572. The molecule has 2 rings (SSSR count). The summed E-state index contributed by atoms with van der Waals surface area (Å²) < 4.78 is 5.74. The molecule has 2 aliphatic carbocycles. The van der Waals surface area contributed by atoms with Crippen molar-refractivity contribution in [1.82, 2.24) is 0 Å². The minimum Gasteiger partial charge on any atom is -0.375 e. The van der Waals surface area contributed by atoms with Crippen LogP contribution in [0.15, 0.2) is 0 Å². The van der Waals surface area contributed by atoms with Crippen LogP contribution in [-0.4, -0.2) is 12.2 Å². The summed E-state index contributed by atoms with van der Waals surface area (Å²) in [7, 11) is 0. The van der Waals surface area contributed by atoms with E-state index in [2.05, 4.69) is 6.92 Å². The average molecular weight is 140 g/mol. The first-order valence-electron chi connectivity index (χ1n) is 4.51. The summed E-state index contributed by atoms with van der Waals surface area (Å²) in [6.45, 7) is 3.02. The summed E-state index contributed by atoms with van der Waals surface area (Å²) in [5.41, 5.74) is 0.396. The monoisotopic (exact) mass is 140 g/mol. The standard InChI is InChI=1S/C9H16O/c1-2-10-9-6-4-3-5-8(9)7-9/h8H,2-7H2,1H3/t8-,9-/m0/s1. The maximum absolute atomic E-state index is 5.74. The van der Waals surface area contributed by atoms with Crippen molar-refractivity contribution in [1.29, 1.82) is 0 Å². The second kappa shape index (κ2) is 2.23. The van der Waals surface area contributed by atoms with Gasteiger partial charge in [0.25, 0.3) is 0 Å². The summed E-state index contributed by atoms with van der Waals surface area (Å²) in [4.78, 5) is 0. The third kappa shape index (κ3) is 0.878. The molecule has 1 nitrogen and oxygen atoms in total. The third-order valence-electron chi connectivity index (χ3n) is 3.01. The van der Waals surface area contributed by atoms with Crippen molar-refractivity contribution >= 4 is 0 Å². The molecule has 0 spiro atoms. The number of hydrogen-bond donors (Lipinski definition) is 0. The first-order valence-corrected chi connectivity index (χ1v) is 4.51. The van der Waals surface area contributed by atoms with Crippen molar-refractivity contribution in [3.63, 3.8) is 0 Å². The van der Waals surface area contributed by atoms with Gasteiger partial charge in [0.05, 0.1) is 5.60 Å². The lowest BCUT2D eigenvalue weighted by Crippen LogP contribution is -2.20. The SMILES string of the molecule is CCO[C@]12CCCC[C@H]1C2. The maximum atomic E-state index is 5.74. The zero-order valence-electron chi connectivity index (χ0n) is 6.73. The van der Waals surface area contributed by atoms with Gasteiger partial charge in [-0.25, -0.2) is 0 Å². The Bertz CT molecular complexity index is 129. The molecule has 0 N–H and O–H groups in total. The van der Waals surface area contributed by atoms with Crippen LogP contribution in [0.25, 0.3) is 0 Å². The fourth-order valence-electron chi connectivity index (χ4n) is 2.38. The van der Waals surface area contributed by atoms with E-state index in [-0.39, 0.29) is 0 Å². The van der Waals surface area contributed by atoms with Gasteiger partial charge in [0.15, 0.2) is 0 Å². The van der Waals surface area contributed by atoms with E-state index < -0.39 is 0 Å². The molecule has 0 bridgehead atoms. The van der Waals surface area contributed by atoms with Gasteiger partial charge in [-0.3, -0.25) is 0 Å². The highest BCUT2D eigenvalue weighted by Gasteiger charge is 2.55. The van der Waals surface area contributed by atoms with E-state index >= 15 is 0 Å². The molecule has 0 aromatic carbocycles. The highest BCUT2D eigenvalue weighted by molar-refractivity contribution is 5.06. The van der Waals surface area contributed by atoms with E-state index in [0.717, 1.165) is 12.5 Å². The predicted molar refractivity (Wildman–Crippen MR) is 40.9 cm³/mol. The van der Waals surface area contributed by atoms with Crippen molar-refractivity contribution in [2.24, 2.45) is 5.92 Å². The molecule has 0 heterocycles. The van der Waals surface area contributed by atoms with E-state index in [9.17, 15) is 0 Å².